The minimum Gasteiger partial charge on any atom is -0.478 e. The summed E-state index contributed by atoms with van der Waals surface area (Å²) in [5, 5.41) is 14.5. The number of hydrogen-bond acceptors (Lipinski definition) is 4. The fourth-order valence-electron chi connectivity index (χ4n) is 4.03. The molecule has 0 aliphatic heterocycles. The molecule has 3 N–H and O–H groups in total. The van der Waals surface area contributed by atoms with Gasteiger partial charge in [-0.05, 0) is 63.3 Å². The molecule has 0 fully saturated rings. The second kappa shape index (κ2) is 10.6. The van der Waals surface area contributed by atoms with Crippen molar-refractivity contribution < 1.29 is 24.2 Å². The van der Waals surface area contributed by atoms with E-state index < -0.39 is 18.0 Å². The van der Waals surface area contributed by atoms with Crippen LogP contribution in [0.1, 0.15) is 34.3 Å². The van der Waals surface area contributed by atoms with Crippen molar-refractivity contribution in [1.82, 2.24) is 5.32 Å². The van der Waals surface area contributed by atoms with E-state index >= 15 is 0 Å². The van der Waals surface area contributed by atoms with Crippen molar-refractivity contribution in [2.75, 3.05) is 18.5 Å². The highest BCUT2D eigenvalue weighted by Gasteiger charge is 2.28. The van der Waals surface area contributed by atoms with Crippen molar-refractivity contribution in [3.63, 3.8) is 0 Å². The second-order valence-corrected chi connectivity index (χ2v) is 8.90. The van der Waals surface area contributed by atoms with Gasteiger partial charge in [-0.1, -0.05) is 54.6 Å². The highest BCUT2D eigenvalue weighted by molar-refractivity contribution is 9.10. The zero-order chi connectivity index (χ0) is 24.9. The Morgan fingerprint density at radius 3 is 2.26 bits per heavy atom. The number of carbonyl (C=O) groups excluding carboxylic acids is 2. The fraction of sp³-hybridized carbons (Fsp3) is 0.148. The Hall–Kier alpha value is -3.91. The Morgan fingerprint density at radius 2 is 1.63 bits per heavy atom. The van der Waals surface area contributed by atoms with Crippen molar-refractivity contribution in [1.29, 1.82) is 0 Å². The monoisotopic (exact) mass is 534 g/mol. The van der Waals surface area contributed by atoms with Gasteiger partial charge < -0.3 is 20.5 Å². The van der Waals surface area contributed by atoms with Gasteiger partial charge in [0.2, 0.25) is 0 Å². The Kier molecular flexibility index (Phi) is 7.31. The molecule has 0 bridgehead atoms. The minimum absolute atomic E-state index is 0.0298. The SMILES string of the molecule is C/C(=C\CNC(=O)OCC1c2ccccc2-c2ccccc21)C(=O)Nc1ccc(Br)c(C(=O)O)c1. The van der Waals surface area contributed by atoms with E-state index in [1.165, 1.54) is 6.07 Å². The Bertz CT molecular complexity index is 1290. The number of hydrogen-bond donors (Lipinski definition) is 3. The van der Waals surface area contributed by atoms with Crippen LogP contribution in [0.25, 0.3) is 11.1 Å². The first-order chi connectivity index (χ1) is 16.8. The molecule has 178 valence electrons. The van der Waals surface area contributed by atoms with E-state index in [0.29, 0.717) is 15.7 Å². The lowest BCUT2D eigenvalue weighted by Crippen LogP contribution is -2.26. The number of halogens is 1. The predicted octanol–water partition coefficient (Wildman–Crippen LogP) is 5.57. The first-order valence-corrected chi connectivity index (χ1v) is 11.7. The molecule has 4 rings (SSSR count). The lowest BCUT2D eigenvalue weighted by atomic mass is 9.98. The number of fused-ring (bicyclic) bond motifs is 3. The standard InChI is InChI=1S/C27H23BrN2O5/c1-16(25(31)30-17-10-11-24(28)22(14-17)26(32)33)12-13-29-27(34)35-15-23-20-8-4-2-6-18(20)19-7-3-5-9-21(19)23/h2-12,14,23H,13,15H2,1H3,(H,29,34)(H,30,31)(H,32,33)/b16-12+. The summed E-state index contributed by atoms with van der Waals surface area (Å²) in [6, 6.07) is 20.7. The maximum Gasteiger partial charge on any atom is 0.407 e. The molecule has 0 aromatic heterocycles. The van der Waals surface area contributed by atoms with E-state index in [1.54, 1.807) is 25.1 Å². The number of aromatic carboxylic acids is 1. The molecule has 0 spiro atoms. The molecule has 1 aliphatic carbocycles. The zero-order valence-corrected chi connectivity index (χ0v) is 20.5. The molecule has 3 aromatic carbocycles. The molecule has 3 aromatic rings. The largest absolute Gasteiger partial charge is 0.478 e. The lowest BCUT2D eigenvalue weighted by molar-refractivity contribution is -0.112. The van der Waals surface area contributed by atoms with Crippen LogP contribution in [0.15, 0.2) is 82.9 Å². The van der Waals surface area contributed by atoms with E-state index in [0.717, 1.165) is 22.3 Å². The lowest BCUT2D eigenvalue weighted by Gasteiger charge is -2.14. The van der Waals surface area contributed by atoms with E-state index in [-0.39, 0.29) is 24.6 Å². The first-order valence-electron chi connectivity index (χ1n) is 10.9. The highest BCUT2D eigenvalue weighted by Crippen LogP contribution is 2.44. The van der Waals surface area contributed by atoms with Gasteiger partial charge >= 0.3 is 12.1 Å². The summed E-state index contributed by atoms with van der Waals surface area (Å²) >= 11 is 3.17. The fourth-order valence-corrected chi connectivity index (χ4v) is 4.44. The van der Waals surface area contributed by atoms with Crippen molar-refractivity contribution in [3.8, 4) is 11.1 Å². The van der Waals surface area contributed by atoms with Crippen LogP contribution < -0.4 is 10.6 Å². The highest BCUT2D eigenvalue weighted by atomic mass is 79.9. The third kappa shape index (κ3) is 5.44. The van der Waals surface area contributed by atoms with Crippen molar-refractivity contribution in [2.45, 2.75) is 12.8 Å². The topological polar surface area (TPSA) is 105 Å². The van der Waals surface area contributed by atoms with Crippen LogP contribution in [-0.2, 0) is 9.53 Å². The zero-order valence-electron chi connectivity index (χ0n) is 18.9. The van der Waals surface area contributed by atoms with Gasteiger partial charge in [-0.25, -0.2) is 9.59 Å². The summed E-state index contributed by atoms with van der Waals surface area (Å²) in [6.07, 6.45) is 0.989. The molecule has 8 heteroatoms. The minimum atomic E-state index is -1.10. The quantitative estimate of drug-likeness (QED) is 0.343. The number of nitrogens with one attached hydrogen (secondary N) is 2. The molecular weight excluding hydrogens is 512 g/mol. The van der Waals surface area contributed by atoms with Gasteiger partial charge in [-0.3, -0.25) is 4.79 Å². The number of amides is 2. The number of benzene rings is 3. The molecule has 0 saturated heterocycles. The number of alkyl carbamates (subject to hydrolysis) is 1. The second-order valence-electron chi connectivity index (χ2n) is 8.05. The van der Waals surface area contributed by atoms with Gasteiger partial charge in [0.05, 0.1) is 5.56 Å². The Labute approximate surface area is 210 Å². The van der Waals surface area contributed by atoms with E-state index in [9.17, 15) is 19.5 Å². The number of carboxylic acids is 1. The van der Waals surface area contributed by atoms with Crippen LogP contribution in [0.3, 0.4) is 0 Å². The summed E-state index contributed by atoms with van der Waals surface area (Å²) in [5.74, 6) is -1.54. The summed E-state index contributed by atoms with van der Waals surface area (Å²) < 4.78 is 5.90. The van der Waals surface area contributed by atoms with Gasteiger partial charge in [-0.15, -0.1) is 0 Å². The summed E-state index contributed by atoms with van der Waals surface area (Å²) in [5.41, 5.74) is 5.34. The number of rotatable bonds is 7. The van der Waals surface area contributed by atoms with Crippen LogP contribution in [0.4, 0.5) is 10.5 Å². The van der Waals surface area contributed by atoms with E-state index in [4.69, 9.17) is 4.74 Å². The number of ether oxygens (including phenoxy) is 1. The van der Waals surface area contributed by atoms with Crippen molar-refractivity contribution in [3.05, 3.63) is 99.5 Å². The summed E-state index contributed by atoms with van der Waals surface area (Å²) in [4.78, 5) is 35.9. The molecule has 0 heterocycles. The van der Waals surface area contributed by atoms with Gasteiger partial charge in [0.1, 0.15) is 6.61 Å². The van der Waals surface area contributed by atoms with Crippen LogP contribution in [-0.4, -0.2) is 36.2 Å². The molecule has 35 heavy (non-hydrogen) atoms. The van der Waals surface area contributed by atoms with Gasteiger partial charge in [0.25, 0.3) is 5.91 Å². The van der Waals surface area contributed by atoms with Crippen LogP contribution >= 0.6 is 15.9 Å². The summed E-state index contributed by atoms with van der Waals surface area (Å²) in [7, 11) is 0. The third-order valence-corrected chi connectivity index (χ3v) is 6.50. The van der Waals surface area contributed by atoms with Crippen LogP contribution in [0, 0.1) is 0 Å². The normalized spacial score (nSPS) is 12.5. The number of anilines is 1. The summed E-state index contributed by atoms with van der Waals surface area (Å²) in [6.45, 7) is 1.92. The molecule has 7 nitrogen and oxygen atoms in total. The van der Waals surface area contributed by atoms with Crippen LogP contribution in [0.2, 0.25) is 0 Å². The molecule has 1 aliphatic rings. The van der Waals surface area contributed by atoms with Crippen molar-refractivity contribution >= 4 is 39.6 Å². The molecule has 0 unspecified atom stereocenters. The Morgan fingerprint density at radius 1 is 1.00 bits per heavy atom. The first kappa shape index (κ1) is 24.2. The average molecular weight is 535 g/mol. The smallest absolute Gasteiger partial charge is 0.407 e. The van der Waals surface area contributed by atoms with Crippen molar-refractivity contribution in [2.24, 2.45) is 0 Å². The molecule has 0 radical (unpaired) electrons. The maximum absolute atomic E-state index is 12.4. The van der Waals surface area contributed by atoms with Gasteiger partial charge in [-0.2, -0.15) is 0 Å². The van der Waals surface area contributed by atoms with Crippen LogP contribution in [0.5, 0.6) is 0 Å². The molecule has 0 saturated carbocycles. The Balaban J connectivity index is 1.30. The van der Waals surface area contributed by atoms with Gasteiger partial charge in [0, 0.05) is 28.2 Å². The maximum atomic E-state index is 12.4. The van der Waals surface area contributed by atoms with E-state index in [1.807, 2.05) is 24.3 Å². The van der Waals surface area contributed by atoms with Gasteiger partial charge in [0.15, 0.2) is 0 Å². The molecule has 0 atom stereocenters. The predicted molar refractivity (Wildman–Crippen MR) is 137 cm³/mol. The number of carboxylic acid groups (broad SMARTS) is 1. The molecule has 2 amide bonds. The average Bonchev–Trinajstić information content (AvgIpc) is 3.17. The van der Waals surface area contributed by atoms with E-state index in [2.05, 4.69) is 50.8 Å². The number of carbonyl (C=O) groups is 3. The molecular formula is C27H23BrN2O5. The third-order valence-electron chi connectivity index (χ3n) is 5.81.